The van der Waals surface area contributed by atoms with Crippen LogP contribution < -0.4 is 5.32 Å². The second-order valence-electron chi connectivity index (χ2n) is 6.31. The number of ketones is 1. The summed E-state index contributed by atoms with van der Waals surface area (Å²) < 4.78 is 10.4. The number of aliphatic hydroxyl groups excluding tert-OH is 1. The molecule has 0 saturated heterocycles. The summed E-state index contributed by atoms with van der Waals surface area (Å²) in [6, 6.07) is 2.69. The topological polar surface area (TPSA) is 88.8 Å². The fourth-order valence-electron chi connectivity index (χ4n) is 1.90. The van der Waals surface area contributed by atoms with Crippen molar-refractivity contribution in [3.05, 3.63) is 23.7 Å². The van der Waals surface area contributed by atoms with Gasteiger partial charge in [0.1, 0.15) is 11.4 Å². The predicted octanol–water partition coefficient (Wildman–Crippen LogP) is 2.78. The number of furan rings is 1. The zero-order chi connectivity index (χ0) is 17.6. The Bertz CT molecular complexity index is 535. The minimum absolute atomic E-state index is 0.131. The number of aryl methyl sites for hydroxylation is 1. The van der Waals surface area contributed by atoms with Crippen molar-refractivity contribution in [2.45, 2.75) is 51.9 Å². The van der Waals surface area contributed by atoms with Crippen LogP contribution >= 0.6 is 11.8 Å². The molecule has 7 heteroatoms. The molecule has 0 bridgehead atoms. The summed E-state index contributed by atoms with van der Waals surface area (Å²) in [6.45, 7) is 7.02. The molecule has 6 nitrogen and oxygen atoms in total. The molecule has 0 spiro atoms. The number of carbonyl (C=O) groups excluding carboxylic acids is 2. The van der Waals surface area contributed by atoms with Gasteiger partial charge < -0.3 is 19.6 Å². The number of hydrogen-bond acceptors (Lipinski definition) is 6. The highest BCUT2D eigenvalue weighted by Crippen LogP contribution is 2.14. The summed E-state index contributed by atoms with van der Waals surface area (Å²) in [5.41, 5.74) is -0.625. The van der Waals surface area contributed by atoms with Crippen LogP contribution in [0.3, 0.4) is 0 Å². The maximum Gasteiger partial charge on any atom is 0.407 e. The molecule has 0 saturated carbocycles. The molecular weight excluding hydrogens is 318 g/mol. The van der Waals surface area contributed by atoms with Crippen molar-refractivity contribution < 1.29 is 23.8 Å². The lowest BCUT2D eigenvalue weighted by Gasteiger charge is -2.26. The fourth-order valence-corrected chi connectivity index (χ4v) is 2.57. The Kier molecular flexibility index (Phi) is 7.15. The monoisotopic (exact) mass is 343 g/mol. The first-order valence-electron chi connectivity index (χ1n) is 7.38. The van der Waals surface area contributed by atoms with Crippen LogP contribution in [-0.2, 0) is 4.74 Å². The fraction of sp³-hybridized carbons (Fsp3) is 0.625. The van der Waals surface area contributed by atoms with Gasteiger partial charge in [0.15, 0.2) is 5.76 Å². The van der Waals surface area contributed by atoms with Gasteiger partial charge in [-0.3, -0.25) is 4.79 Å². The molecule has 0 radical (unpaired) electrons. The number of thioether (sulfide) groups is 1. The Labute approximate surface area is 141 Å². The molecule has 0 aromatic carbocycles. The number of amides is 1. The van der Waals surface area contributed by atoms with Gasteiger partial charge in [-0.05, 0) is 46.1 Å². The third kappa shape index (κ3) is 7.09. The van der Waals surface area contributed by atoms with E-state index in [1.165, 1.54) is 11.8 Å². The van der Waals surface area contributed by atoms with Gasteiger partial charge in [-0.2, -0.15) is 11.8 Å². The predicted molar refractivity (Wildman–Crippen MR) is 89.9 cm³/mol. The van der Waals surface area contributed by atoms with Crippen LogP contribution in [-0.4, -0.2) is 46.7 Å². The van der Waals surface area contributed by atoms with E-state index in [9.17, 15) is 14.7 Å². The first kappa shape index (κ1) is 19.6. The van der Waals surface area contributed by atoms with E-state index < -0.39 is 23.8 Å². The van der Waals surface area contributed by atoms with Gasteiger partial charge in [0.2, 0.25) is 5.78 Å². The summed E-state index contributed by atoms with van der Waals surface area (Å²) >= 11 is 1.46. The van der Waals surface area contributed by atoms with E-state index in [1.807, 2.05) is 6.26 Å². The van der Waals surface area contributed by atoms with Crippen molar-refractivity contribution in [3.8, 4) is 0 Å². The summed E-state index contributed by atoms with van der Waals surface area (Å²) in [4.78, 5) is 23.9. The average Bonchev–Trinajstić information content (AvgIpc) is 2.82. The minimum atomic E-state index is -1.02. The van der Waals surface area contributed by atoms with Crippen molar-refractivity contribution in [1.82, 2.24) is 5.32 Å². The molecule has 0 fully saturated rings. The first-order valence-corrected chi connectivity index (χ1v) is 8.78. The van der Waals surface area contributed by atoms with Crippen LogP contribution in [0.5, 0.6) is 0 Å². The first-order chi connectivity index (χ1) is 10.6. The Hall–Kier alpha value is -1.47. The quantitative estimate of drug-likeness (QED) is 0.740. The molecule has 2 N–H and O–H groups in total. The highest BCUT2D eigenvalue weighted by Gasteiger charge is 2.27. The number of rotatable bonds is 7. The number of aliphatic hydroxyl groups is 1. The molecule has 1 aromatic heterocycles. The summed E-state index contributed by atoms with van der Waals surface area (Å²) in [5.74, 6) is 1.00. The lowest BCUT2D eigenvalue weighted by Crippen LogP contribution is -2.47. The zero-order valence-electron chi connectivity index (χ0n) is 14.2. The van der Waals surface area contributed by atoms with Crippen LogP contribution in [0, 0.1) is 6.92 Å². The SMILES string of the molecule is CSC[C@H](NC(=O)OC(C)(C)C)C(O)CC(=O)c1ccc(C)o1. The van der Waals surface area contributed by atoms with E-state index >= 15 is 0 Å². The van der Waals surface area contributed by atoms with Gasteiger partial charge in [-0.25, -0.2) is 4.79 Å². The van der Waals surface area contributed by atoms with Gasteiger partial charge in [0.05, 0.1) is 12.1 Å². The number of nitrogens with one attached hydrogen (secondary N) is 1. The maximum absolute atomic E-state index is 12.1. The third-order valence-corrected chi connectivity index (χ3v) is 3.61. The summed E-state index contributed by atoms with van der Waals surface area (Å²) in [6.07, 6.45) is 0.0899. The lowest BCUT2D eigenvalue weighted by atomic mass is 10.1. The Morgan fingerprint density at radius 2 is 2.04 bits per heavy atom. The number of hydrogen-bond donors (Lipinski definition) is 2. The van der Waals surface area contributed by atoms with E-state index in [0.29, 0.717) is 11.5 Å². The van der Waals surface area contributed by atoms with E-state index in [1.54, 1.807) is 39.8 Å². The molecule has 0 aliphatic carbocycles. The molecule has 1 unspecified atom stereocenters. The van der Waals surface area contributed by atoms with Crippen molar-refractivity contribution in [3.63, 3.8) is 0 Å². The number of carbonyl (C=O) groups is 2. The Morgan fingerprint density at radius 1 is 1.39 bits per heavy atom. The highest BCUT2D eigenvalue weighted by molar-refractivity contribution is 7.98. The minimum Gasteiger partial charge on any atom is -0.458 e. The Balaban J connectivity index is 2.65. The number of ether oxygens (including phenoxy) is 1. The molecule has 0 aliphatic heterocycles. The molecule has 2 atom stereocenters. The molecular formula is C16H25NO5S. The van der Waals surface area contributed by atoms with Gasteiger partial charge in [0, 0.05) is 12.2 Å². The maximum atomic E-state index is 12.1. The summed E-state index contributed by atoms with van der Waals surface area (Å²) in [7, 11) is 0. The normalized spacial score (nSPS) is 14.2. The van der Waals surface area contributed by atoms with E-state index in [0.717, 1.165) is 0 Å². The Morgan fingerprint density at radius 3 is 2.52 bits per heavy atom. The second-order valence-corrected chi connectivity index (χ2v) is 7.22. The van der Waals surface area contributed by atoms with Crippen LogP contribution in [0.15, 0.2) is 16.5 Å². The van der Waals surface area contributed by atoms with Gasteiger partial charge in [0.25, 0.3) is 0 Å². The average molecular weight is 343 g/mol. The van der Waals surface area contributed by atoms with Crippen molar-refractivity contribution in [2.24, 2.45) is 0 Å². The van der Waals surface area contributed by atoms with Gasteiger partial charge >= 0.3 is 6.09 Å². The van der Waals surface area contributed by atoms with Crippen molar-refractivity contribution in [2.75, 3.05) is 12.0 Å². The van der Waals surface area contributed by atoms with E-state index in [4.69, 9.17) is 9.15 Å². The van der Waals surface area contributed by atoms with Crippen LogP contribution in [0.2, 0.25) is 0 Å². The molecule has 1 heterocycles. The van der Waals surface area contributed by atoms with Crippen LogP contribution in [0.1, 0.15) is 43.5 Å². The largest absolute Gasteiger partial charge is 0.458 e. The smallest absolute Gasteiger partial charge is 0.407 e. The standard InChI is InChI=1S/C16H25NO5S/c1-10-6-7-14(21-10)13(19)8-12(18)11(9-23-5)17-15(20)22-16(2,3)4/h6-7,11-12,18H,8-9H2,1-5H3,(H,17,20)/t11-,12?/m0/s1. The van der Waals surface area contributed by atoms with E-state index in [-0.39, 0.29) is 18.0 Å². The highest BCUT2D eigenvalue weighted by atomic mass is 32.2. The molecule has 1 rings (SSSR count). The molecule has 0 aliphatic rings. The molecule has 23 heavy (non-hydrogen) atoms. The van der Waals surface area contributed by atoms with Crippen molar-refractivity contribution in [1.29, 1.82) is 0 Å². The molecule has 1 amide bonds. The number of alkyl carbamates (subject to hydrolysis) is 1. The van der Waals surface area contributed by atoms with Gasteiger partial charge in [-0.15, -0.1) is 0 Å². The van der Waals surface area contributed by atoms with Crippen molar-refractivity contribution >= 4 is 23.6 Å². The number of Topliss-reactive ketones (excluding diaryl/α,β-unsaturated/α-hetero) is 1. The molecule has 1 aromatic rings. The second kappa shape index (κ2) is 8.40. The van der Waals surface area contributed by atoms with Gasteiger partial charge in [-0.1, -0.05) is 0 Å². The van der Waals surface area contributed by atoms with E-state index in [2.05, 4.69) is 5.32 Å². The third-order valence-electron chi connectivity index (χ3n) is 2.92. The zero-order valence-corrected chi connectivity index (χ0v) is 15.0. The van der Waals surface area contributed by atoms with Crippen LogP contribution in [0.25, 0.3) is 0 Å². The summed E-state index contributed by atoms with van der Waals surface area (Å²) in [5, 5.41) is 12.9. The lowest BCUT2D eigenvalue weighted by molar-refractivity contribution is 0.0423. The van der Waals surface area contributed by atoms with Crippen LogP contribution in [0.4, 0.5) is 4.79 Å². The molecule has 130 valence electrons.